The second-order valence-electron chi connectivity index (χ2n) is 4.19. The molecular weight excluding hydrogens is 172 g/mol. The van der Waals surface area contributed by atoms with E-state index < -0.39 is 0 Å². The summed E-state index contributed by atoms with van der Waals surface area (Å²) < 4.78 is 0. The largest absolute Gasteiger partial charge is 0.385 e. The van der Waals surface area contributed by atoms with E-state index in [0.717, 1.165) is 19.5 Å². The molecule has 0 saturated heterocycles. The fourth-order valence-electron chi connectivity index (χ4n) is 2.14. The molecule has 3 N–H and O–H groups in total. The van der Waals surface area contributed by atoms with Crippen molar-refractivity contribution in [3.63, 3.8) is 0 Å². The van der Waals surface area contributed by atoms with Crippen molar-refractivity contribution in [3.8, 4) is 0 Å². The summed E-state index contributed by atoms with van der Waals surface area (Å²) >= 11 is 0. The van der Waals surface area contributed by atoms with Gasteiger partial charge in [0.05, 0.1) is 0 Å². The van der Waals surface area contributed by atoms with Crippen molar-refractivity contribution in [2.45, 2.75) is 19.8 Å². The molecule has 0 aromatic heterocycles. The first-order valence-corrected chi connectivity index (χ1v) is 5.33. The molecule has 0 spiro atoms. The lowest BCUT2D eigenvalue weighted by atomic mass is 9.91. The molecule has 2 heteroatoms. The van der Waals surface area contributed by atoms with Crippen LogP contribution in [0.3, 0.4) is 0 Å². The van der Waals surface area contributed by atoms with Crippen LogP contribution >= 0.6 is 0 Å². The molecule has 0 radical (unpaired) electrons. The summed E-state index contributed by atoms with van der Waals surface area (Å²) in [6.07, 6.45) is 2.31. The lowest BCUT2D eigenvalue weighted by Gasteiger charge is -2.26. The maximum Gasteiger partial charge on any atom is 0.0373 e. The van der Waals surface area contributed by atoms with Gasteiger partial charge in [0.1, 0.15) is 0 Å². The average Bonchev–Trinajstić information content (AvgIpc) is 2.17. The second kappa shape index (κ2) is 4.01. The van der Waals surface area contributed by atoms with Crippen LogP contribution in [0.1, 0.15) is 17.5 Å². The highest BCUT2D eigenvalue weighted by Crippen LogP contribution is 2.26. The zero-order valence-corrected chi connectivity index (χ0v) is 8.72. The van der Waals surface area contributed by atoms with E-state index >= 15 is 0 Å². The van der Waals surface area contributed by atoms with E-state index in [1.807, 2.05) is 0 Å². The first-order valence-electron chi connectivity index (χ1n) is 5.33. The number of nitrogens with two attached hydrogens (primary N) is 1. The minimum Gasteiger partial charge on any atom is -0.385 e. The van der Waals surface area contributed by atoms with Gasteiger partial charge in [-0.3, -0.25) is 0 Å². The van der Waals surface area contributed by atoms with Gasteiger partial charge in [0.2, 0.25) is 0 Å². The summed E-state index contributed by atoms with van der Waals surface area (Å²) in [5, 5.41) is 3.47. The van der Waals surface area contributed by atoms with Crippen LogP contribution in [-0.4, -0.2) is 13.1 Å². The van der Waals surface area contributed by atoms with Crippen LogP contribution in [0.15, 0.2) is 18.2 Å². The lowest BCUT2D eigenvalue weighted by Crippen LogP contribution is -2.25. The molecule has 0 bridgehead atoms. The third-order valence-corrected chi connectivity index (χ3v) is 2.93. The number of benzene rings is 1. The van der Waals surface area contributed by atoms with Crippen molar-refractivity contribution in [1.29, 1.82) is 0 Å². The fraction of sp³-hybridized carbons (Fsp3) is 0.500. The number of fused-ring (bicyclic) bond motifs is 1. The molecule has 76 valence electrons. The predicted octanol–water partition coefficient (Wildman–Crippen LogP) is 1.93. The van der Waals surface area contributed by atoms with Crippen molar-refractivity contribution >= 4 is 5.69 Å². The molecule has 1 aromatic carbocycles. The predicted molar refractivity (Wildman–Crippen MR) is 60.5 cm³/mol. The Balaban J connectivity index is 2.16. The van der Waals surface area contributed by atoms with Crippen LogP contribution in [0.25, 0.3) is 0 Å². The van der Waals surface area contributed by atoms with Crippen LogP contribution in [0.5, 0.6) is 0 Å². The summed E-state index contributed by atoms with van der Waals surface area (Å²) in [6, 6.07) is 6.63. The van der Waals surface area contributed by atoms with E-state index in [4.69, 9.17) is 5.73 Å². The third-order valence-electron chi connectivity index (χ3n) is 2.93. The number of anilines is 1. The standard InChI is InChI=1S/C12H18N2/c1-9-2-3-12-11(6-9)7-10(4-5-13)8-14-12/h2-3,6,10,14H,4-5,7-8,13H2,1H3. The van der Waals surface area contributed by atoms with Crippen molar-refractivity contribution in [2.24, 2.45) is 11.7 Å². The minimum atomic E-state index is 0.717. The number of hydrogen-bond acceptors (Lipinski definition) is 2. The van der Waals surface area contributed by atoms with Crippen LogP contribution in [-0.2, 0) is 6.42 Å². The molecule has 2 rings (SSSR count). The monoisotopic (exact) mass is 190 g/mol. The van der Waals surface area contributed by atoms with Gasteiger partial charge >= 0.3 is 0 Å². The van der Waals surface area contributed by atoms with Crippen molar-refractivity contribution in [2.75, 3.05) is 18.4 Å². The molecule has 2 nitrogen and oxygen atoms in total. The van der Waals surface area contributed by atoms with Gasteiger partial charge in [-0.05, 0) is 43.9 Å². The van der Waals surface area contributed by atoms with Gasteiger partial charge < -0.3 is 11.1 Å². The van der Waals surface area contributed by atoms with Crippen molar-refractivity contribution in [1.82, 2.24) is 0 Å². The zero-order valence-electron chi connectivity index (χ0n) is 8.72. The summed E-state index contributed by atoms with van der Waals surface area (Å²) in [5.41, 5.74) is 9.69. The van der Waals surface area contributed by atoms with E-state index in [9.17, 15) is 0 Å². The summed E-state index contributed by atoms with van der Waals surface area (Å²) in [7, 11) is 0. The zero-order chi connectivity index (χ0) is 9.97. The van der Waals surface area contributed by atoms with E-state index in [1.54, 1.807) is 0 Å². The Morgan fingerprint density at radius 3 is 3.14 bits per heavy atom. The maximum atomic E-state index is 5.58. The number of nitrogens with one attached hydrogen (secondary N) is 1. The van der Waals surface area contributed by atoms with E-state index in [-0.39, 0.29) is 0 Å². The Hall–Kier alpha value is -1.02. The molecule has 0 aliphatic carbocycles. The second-order valence-corrected chi connectivity index (χ2v) is 4.19. The highest BCUT2D eigenvalue weighted by atomic mass is 14.9. The van der Waals surface area contributed by atoms with Gasteiger partial charge in [-0.2, -0.15) is 0 Å². The third kappa shape index (κ3) is 1.90. The van der Waals surface area contributed by atoms with E-state index in [1.165, 1.54) is 23.2 Å². The van der Waals surface area contributed by atoms with E-state index in [0.29, 0.717) is 5.92 Å². The SMILES string of the molecule is Cc1ccc2c(c1)CC(CCN)CN2. The molecular formula is C12H18N2. The van der Waals surface area contributed by atoms with Gasteiger partial charge in [0.15, 0.2) is 0 Å². The highest BCUT2D eigenvalue weighted by Gasteiger charge is 2.16. The maximum absolute atomic E-state index is 5.58. The molecule has 0 saturated carbocycles. The van der Waals surface area contributed by atoms with Gasteiger partial charge in [-0.1, -0.05) is 17.7 Å². The quantitative estimate of drug-likeness (QED) is 0.747. The topological polar surface area (TPSA) is 38.0 Å². The summed E-state index contributed by atoms with van der Waals surface area (Å²) in [6.45, 7) is 4.02. The Bertz CT molecular complexity index is 320. The van der Waals surface area contributed by atoms with Crippen molar-refractivity contribution in [3.05, 3.63) is 29.3 Å². The molecule has 0 amide bonds. The first-order chi connectivity index (χ1) is 6.79. The molecule has 1 atom stereocenters. The lowest BCUT2D eigenvalue weighted by molar-refractivity contribution is 0.503. The average molecular weight is 190 g/mol. The number of aryl methyl sites for hydroxylation is 1. The first kappa shape index (κ1) is 9.53. The van der Waals surface area contributed by atoms with Crippen LogP contribution in [0, 0.1) is 12.8 Å². The molecule has 1 heterocycles. The summed E-state index contributed by atoms with van der Waals surface area (Å²) in [4.78, 5) is 0. The van der Waals surface area contributed by atoms with E-state index in [2.05, 4.69) is 30.4 Å². The molecule has 1 aliphatic rings. The fourth-order valence-corrected chi connectivity index (χ4v) is 2.14. The molecule has 1 aliphatic heterocycles. The number of hydrogen-bond donors (Lipinski definition) is 2. The molecule has 1 aromatic rings. The Kier molecular flexibility index (Phi) is 2.73. The van der Waals surface area contributed by atoms with Crippen LogP contribution < -0.4 is 11.1 Å². The molecule has 1 unspecified atom stereocenters. The van der Waals surface area contributed by atoms with Gasteiger partial charge in [0.25, 0.3) is 0 Å². The highest BCUT2D eigenvalue weighted by molar-refractivity contribution is 5.54. The summed E-state index contributed by atoms with van der Waals surface area (Å²) in [5.74, 6) is 0.717. The Morgan fingerprint density at radius 1 is 1.50 bits per heavy atom. The normalized spacial score (nSPS) is 20.0. The van der Waals surface area contributed by atoms with Gasteiger partial charge in [-0.15, -0.1) is 0 Å². The van der Waals surface area contributed by atoms with Gasteiger partial charge in [0, 0.05) is 12.2 Å². The molecule has 14 heavy (non-hydrogen) atoms. The van der Waals surface area contributed by atoms with Gasteiger partial charge in [-0.25, -0.2) is 0 Å². The molecule has 0 fully saturated rings. The van der Waals surface area contributed by atoms with Crippen molar-refractivity contribution < 1.29 is 0 Å². The number of rotatable bonds is 2. The Labute approximate surface area is 85.5 Å². The minimum absolute atomic E-state index is 0.717. The Morgan fingerprint density at radius 2 is 2.36 bits per heavy atom. The van der Waals surface area contributed by atoms with Crippen LogP contribution in [0.2, 0.25) is 0 Å². The van der Waals surface area contributed by atoms with Crippen LogP contribution in [0.4, 0.5) is 5.69 Å². The smallest absolute Gasteiger partial charge is 0.0373 e.